The van der Waals surface area contributed by atoms with Crippen LogP contribution < -0.4 is 21.7 Å². The first kappa shape index (κ1) is 22.5. The van der Waals surface area contributed by atoms with E-state index in [0.717, 1.165) is 5.75 Å². The minimum absolute atomic E-state index is 0. The van der Waals surface area contributed by atoms with Crippen LogP contribution in [0.2, 0.25) is 0 Å². The van der Waals surface area contributed by atoms with Gasteiger partial charge < -0.3 is 21.7 Å². The summed E-state index contributed by atoms with van der Waals surface area (Å²) in [5.41, 5.74) is 2.77. The van der Waals surface area contributed by atoms with Gasteiger partial charge in [-0.2, -0.15) is 17.7 Å². The van der Waals surface area contributed by atoms with E-state index in [-0.39, 0.29) is 57.0 Å². The second kappa shape index (κ2) is 8.05. The maximum atomic E-state index is 5.88. The first-order valence-electron chi connectivity index (χ1n) is 6.75. The molecule has 0 fully saturated rings. The van der Waals surface area contributed by atoms with Gasteiger partial charge in [0.1, 0.15) is 0 Å². The number of ether oxygens (including phenoxy) is 1. The van der Waals surface area contributed by atoms with Crippen LogP contribution in [0.5, 0.6) is 5.75 Å². The van der Waals surface area contributed by atoms with Gasteiger partial charge in [-0.1, -0.05) is 52.4 Å². The fourth-order valence-electron chi connectivity index (χ4n) is 1.81. The van der Waals surface area contributed by atoms with E-state index in [0.29, 0.717) is 0 Å². The maximum Gasteiger partial charge on any atom is 2.00 e. The van der Waals surface area contributed by atoms with E-state index in [9.17, 15) is 0 Å². The molecule has 1 aromatic carbocycles. The molecule has 0 aliphatic heterocycles. The molecule has 0 spiro atoms. The van der Waals surface area contributed by atoms with Crippen LogP contribution >= 0.6 is 0 Å². The normalized spacial score (nSPS) is 11.7. The van der Waals surface area contributed by atoms with Gasteiger partial charge in [-0.05, 0) is 13.8 Å². The summed E-state index contributed by atoms with van der Waals surface area (Å²) in [4.78, 5) is 0. The van der Waals surface area contributed by atoms with E-state index in [2.05, 4.69) is 73.6 Å². The van der Waals surface area contributed by atoms with Crippen LogP contribution in [0.3, 0.4) is 0 Å². The Bertz CT molecular complexity index is 414. The summed E-state index contributed by atoms with van der Waals surface area (Å²) in [6.45, 7) is 17.4. The van der Waals surface area contributed by atoms with Gasteiger partial charge in [0.25, 0.3) is 0 Å². The van der Waals surface area contributed by atoms with Gasteiger partial charge in [-0.15, -0.1) is 11.6 Å². The molecular weight excluding hydrogens is 324 g/mol. The van der Waals surface area contributed by atoms with E-state index < -0.39 is 0 Å². The Balaban J connectivity index is 0. The van der Waals surface area contributed by atoms with Gasteiger partial charge in [-0.3, -0.25) is 0 Å². The van der Waals surface area contributed by atoms with Crippen LogP contribution in [0.1, 0.15) is 66.5 Å². The molecule has 0 bridgehead atoms. The molecule has 0 saturated carbocycles. The summed E-state index contributed by atoms with van der Waals surface area (Å²) in [5, 5.41) is 0. The largest absolute Gasteiger partial charge is 2.00 e. The minimum atomic E-state index is 0. The zero-order valence-corrected chi connectivity index (χ0v) is 17.2. The van der Waals surface area contributed by atoms with Crippen molar-refractivity contribution in [2.24, 2.45) is 0 Å². The van der Waals surface area contributed by atoms with Crippen molar-refractivity contribution in [2.45, 2.75) is 72.3 Å². The van der Waals surface area contributed by atoms with E-state index in [1.807, 2.05) is 0 Å². The molecule has 0 heterocycles. The Labute approximate surface area is 151 Å². The molecule has 0 aromatic heterocycles. The Hall–Kier alpha value is 0.266. The van der Waals surface area contributed by atoms with Crippen molar-refractivity contribution in [1.29, 1.82) is 0 Å². The second-order valence-electron chi connectivity index (χ2n) is 7.30. The molecule has 1 nitrogen and oxygen atoms in total. The van der Waals surface area contributed by atoms with Crippen molar-refractivity contribution in [1.82, 2.24) is 0 Å². The third-order valence-corrected chi connectivity index (χ3v) is 2.93. The van der Waals surface area contributed by atoms with E-state index in [4.69, 9.17) is 4.74 Å². The van der Waals surface area contributed by atoms with Crippen LogP contribution in [0.15, 0.2) is 12.1 Å². The van der Waals surface area contributed by atoms with Crippen LogP contribution in [-0.2, 0) is 10.8 Å². The summed E-state index contributed by atoms with van der Waals surface area (Å²) in [7, 11) is 0. The van der Waals surface area contributed by atoms with Crippen molar-refractivity contribution in [3.63, 3.8) is 0 Å². The first-order valence-corrected chi connectivity index (χ1v) is 6.75. The maximum absolute atomic E-state index is 5.88. The van der Waals surface area contributed by atoms with Crippen LogP contribution in [0.4, 0.5) is 0 Å². The Kier molecular flexibility index (Phi) is 9.07. The molecule has 0 atom stereocenters. The number of hydrogen-bond acceptors (Lipinski definition) is 1. The second-order valence-corrected chi connectivity index (χ2v) is 7.30. The summed E-state index contributed by atoms with van der Waals surface area (Å²) in [6, 6.07) is 7.66. The molecule has 0 saturated heterocycles. The standard InChI is InChI=1S/C17H27O.BrH.Mg/c1-12(2)18-15-10-9-13(16(3,4)5)11-14(15)17(6,7)8;;/h9,11-12H,1-8H3;1H;/q-1;;+2/p-1. The molecule has 0 unspecified atom stereocenters. The molecule has 3 heteroatoms. The number of rotatable bonds is 2. The van der Waals surface area contributed by atoms with Gasteiger partial charge in [-0.25, -0.2) is 0 Å². The predicted molar refractivity (Wildman–Crippen MR) is 84.2 cm³/mol. The van der Waals surface area contributed by atoms with Crippen LogP contribution in [0.25, 0.3) is 0 Å². The van der Waals surface area contributed by atoms with Gasteiger partial charge in [0.2, 0.25) is 0 Å². The fraction of sp³-hybridized carbons (Fsp3) is 0.647. The Morgan fingerprint density at radius 1 is 1.00 bits per heavy atom. The molecule has 0 amide bonds. The van der Waals surface area contributed by atoms with Gasteiger partial charge in [0, 0.05) is 5.75 Å². The smallest absolute Gasteiger partial charge is 1.00 e. The Morgan fingerprint density at radius 2 is 1.50 bits per heavy atom. The summed E-state index contributed by atoms with van der Waals surface area (Å²) < 4.78 is 5.88. The molecule has 110 valence electrons. The monoisotopic (exact) mass is 350 g/mol. The average molecular weight is 352 g/mol. The van der Waals surface area contributed by atoms with E-state index in [1.165, 1.54) is 11.1 Å². The summed E-state index contributed by atoms with van der Waals surface area (Å²) >= 11 is 0. The topological polar surface area (TPSA) is 9.23 Å². The van der Waals surface area contributed by atoms with Crippen LogP contribution in [0, 0.1) is 6.07 Å². The summed E-state index contributed by atoms with van der Waals surface area (Å²) in [6.07, 6.45) is 0.183. The number of halogens is 1. The van der Waals surface area contributed by atoms with Crippen molar-refractivity contribution in [3.8, 4) is 5.75 Å². The minimum Gasteiger partial charge on any atom is -1.00 e. The van der Waals surface area contributed by atoms with Crippen molar-refractivity contribution in [2.75, 3.05) is 0 Å². The first-order chi connectivity index (χ1) is 8.01. The fourth-order valence-corrected chi connectivity index (χ4v) is 1.81. The molecule has 0 aliphatic rings. The zero-order valence-electron chi connectivity index (χ0n) is 14.2. The third-order valence-electron chi connectivity index (χ3n) is 2.93. The van der Waals surface area contributed by atoms with Crippen LogP contribution in [-0.4, -0.2) is 29.2 Å². The molecule has 0 aliphatic carbocycles. The predicted octanol–water partition coefficient (Wildman–Crippen LogP) is 1.49. The molecule has 20 heavy (non-hydrogen) atoms. The molecule has 1 rings (SSSR count). The van der Waals surface area contributed by atoms with Crippen molar-refractivity contribution in [3.05, 3.63) is 29.3 Å². The van der Waals surface area contributed by atoms with E-state index in [1.54, 1.807) is 0 Å². The molecule has 1 aromatic rings. The van der Waals surface area contributed by atoms with E-state index >= 15 is 0 Å². The third kappa shape index (κ3) is 6.36. The SMILES string of the molecule is CC(C)Oc1[c-]cc(C(C)(C)C)cc1C(C)(C)C.[Br-].[Mg+2]. The van der Waals surface area contributed by atoms with Crippen molar-refractivity contribution < 1.29 is 21.7 Å². The van der Waals surface area contributed by atoms with Gasteiger partial charge in [0.15, 0.2) is 0 Å². The number of benzene rings is 1. The van der Waals surface area contributed by atoms with Gasteiger partial charge >= 0.3 is 23.1 Å². The van der Waals surface area contributed by atoms with Gasteiger partial charge in [0.05, 0.1) is 6.10 Å². The average Bonchev–Trinajstić information content (AvgIpc) is 2.13. The van der Waals surface area contributed by atoms with Crippen molar-refractivity contribution >= 4 is 23.1 Å². The zero-order chi connectivity index (χ0) is 14.1. The molecular formula is C17H27BrMgO. The summed E-state index contributed by atoms with van der Waals surface area (Å²) in [5.74, 6) is 0.894. The molecule has 0 radical (unpaired) electrons. The quantitative estimate of drug-likeness (QED) is 0.579. The number of hydrogen-bond donors (Lipinski definition) is 0. The molecule has 0 N–H and O–H groups in total. The Morgan fingerprint density at radius 3 is 1.85 bits per heavy atom.